The second kappa shape index (κ2) is 7.38. The van der Waals surface area contributed by atoms with E-state index in [4.69, 9.17) is 4.42 Å². The summed E-state index contributed by atoms with van der Waals surface area (Å²) in [4.78, 5) is 29.1. The first-order chi connectivity index (χ1) is 13.6. The van der Waals surface area contributed by atoms with Gasteiger partial charge in [-0.2, -0.15) is 0 Å². The summed E-state index contributed by atoms with van der Waals surface area (Å²) >= 11 is 0. The number of amides is 2. The number of piperazine rings is 1. The van der Waals surface area contributed by atoms with Gasteiger partial charge < -0.3 is 18.8 Å². The summed E-state index contributed by atoms with van der Waals surface area (Å²) < 4.78 is 7.10. The van der Waals surface area contributed by atoms with Crippen LogP contribution >= 0.6 is 0 Å². The molecule has 1 aliphatic rings. The Morgan fingerprint density at radius 2 is 1.54 bits per heavy atom. The van der Waals surface area contributed by atoms with Crippen molar-refractivity contribution in [2.45, 2.75) is 13.8 Å². The molecule has 144 valence electrons. The third-order valence-corrected chi connectivity index (χ3v) is 5.30. The summed E-state index contributed by atoms with van der Waals surface area (Å²) in [5, 5.41) is 0. The highest BCUT2D eigenvalue weighted by atomic mass is 16.3. The third-order valence-electron chi connectivity index (χ3n) is 5.30. The molecule has 3 heterocycles. The van der Waals surface area contributed by atoms with Gasteiger partial charge in [-0.3, -0.25) is 9.59 Å². The van der Waals surface area contributed by atoms with E-state index in [1.54, 1.807) is 11.0 Å². The number of nitrogens with zero attached hydrogens (tertiary/aromatic N) is 3. The van der Waals surface area contributed by atoms with E-state index in [2.05, 4.69) is 4.57 Å². The van der Waals surface area contributed by atoms with Crippen LogP contribution in [0.15, 0.2) is 59.4 Å². The molecule has 0 saturated carbocycles. The van der Waals surface area contributed by atoms with Crippen LogP contribution in [0.4, 0.5) is 0 Å². The lowest BCUT2D eigenvalue weighted by atomic mass is 10.2. The molecule has 1 fully saturated rings. The Bertz CT molecular complexity index is 982. The minimum atomic E-state index is -0.0527. The number of aryl methyl sites for hydroxylation is 1. The largest absolute Gasteiger partial charge is 0.472 e. The monoisotopic (exact) mass is 377 g/mol. The smallest absolute Gasteiger partial charge is 0.257 e. The van der Waals surface area contributed by atoms with Gasteiger partial charge in [0.2, 0.25) is 0 Å². The van der Waals surface area contributed by atoms with Gasteiger partial charge in [0.05, 0.1) is 17.4 Å². The first-order valence-corrected chi connectivity index (χ1v) is 9.41. The van der Waals surface area contributed by atoms with E-state index in [1.807, 2.05) is 55.1 Å². The molecule has 6 nitrogen and oxygen atoms in total. The first kappa shape index (κ1) is 18.1. The number of carbonyl (C=O) groups is 2. The number of hydrogen-bond acceptors (Lipinski definition) is 3. The van der Waals surface area contributed by atoms with Crippen LogP contribution in [0.1, 0.15) is 32.1 Å². The van der Waals surface area contributed by atoms with Crippen LogP contribution in [-0.2, 0) is 0 Å². The van der Waals surface area contributed by atoms with Gasteiger partial charge >= 0.3 is 0 Å². The summed E-state index contributed by atoms with van der Waals surface area (Å²) in [6.45, 7) is 6.08. The van der Waals surface area contributed by atoms with Gasteiger partial charge in [0, 0.05) is 43.3 Å². The van der Waals surface area contributed by atoms with Gasteiger partial charge in [0.1, 0.15) is 6.26 Å². The normalized spacial score (nSPS) is 14.4. The molecule has 0 N–H and O–H groups in total. The molecule has 4 rings (SSSR count). The molecular weight excluding hydrogens is 354 g/mol. The lowest BCUT2D eigenvalue weighted by Crippen LogP contribution is -2.50. The van der Waals surface area contributed by atoms with Crippen molar-refractivity contribution in [3.05, 3.63) is 77.5 Å². The van der Waals surface area contributed by atoms with Crippen LogP contribution in [0.25, 0.3) is 5.69 Å². The van der Waals surface area contributed by atoms with E-state index in [9.17, 15) is 9.59 Å². The van der Waals surface area contributed by atoms with Crippen molar-refractivity contribution in [1.29, 1.82) is 0 Å². The van der Waals surface area contributed by atoms with Crippen molar-refractivity contribution in [3.63, 3.8) is 0 Å². The minimum Gasteiger partial charge on any atom is -0.472 e. The zero-order valence-electron chi connectivity index (χ0n) is 16.1. The topological polar surface area (TPSA) is 58.7 Å². The SMILES string of the molecule is Cc1cc(C(=O)N2CCN(C(=O)c3ccoc3)CC2)c(C)n1-c1ccccc1. The molecule has 0 aliphatic carbocycles. The Hall–Kier alpha value is -3.28. The molecule has 1 saturated heterocycles. The molecule has 6 heteroatoms. The zero-order valence-corrected chi connectivity index (χ0v) is 16.1. The quantitative estimate of drug-likeness (QED) is 0.704. The van der Waals surface area contributed by atoms with Gasteiger partial charge in [0.15, 0.2) is 0 Å². The number of carbonyl (C=O) groups excluding carboxylic acids is 2. The summed E-state index contributed by atoms with van der Waals surface area (Å²) in [5.74, 6) is -0.0335. The molecule has 1 aromatic carbocycles. The van der Waals surface area contributed by atoms with E-state index in [0.717, 1.165) is 22.6 Å². The molecule has 1 aliphatic heterocycles. The van der Waals surface area contributed by atoms with E-state index in [-0.39, 0.29) is 11.8 Å². The predicted molar refractivity (Wildman–Crippen MR) is 106 cm³/mol. The first-order valence-electron chi connectivity index (χ1n) is 9.41. The predicted octanol–water partition coefficient (Wildman–Crippen LogP) is 3.29. The van der Waals surface area contributed by atoms with Crippen molar-refractivity contribution in [2.24, 2.45) is 0 Å². The molecular formula is C22H23N3O3. The highest BCUT2D eigenvalue weighted by molar-refractivity contribution is 5.97. The molecule has 0 bridgehead atoms. The maximum atomic E-state index is 13.1. The van der Waals surface area contributed by atoms with E-state index >= 15 is 0 Å². The molecule has 0 spiro atoms. The van der Waals surface area contributed by atoms with E-state index in [0.29, 0.717) is 31.7 Å². The molecule has 2 aromatic heterocycles. The van der Waals surface area contributed by atoms with Crippen LogP contribution in [-0.4, -0.2) is 52.4 Å². The van der Waals surface area contributed by atoms with Crippen LogP contribution in [0.5, 0.6) is 0 Å². The van der Waals surface area contributed by atoms with E-state index < -0.39 is 0 Å². The van der Waals surface area contributed by atoms with Crippen molar-refractivity contribution in [1.82, 2.24) is 14.4 Å². The average molecular weight is 377 g/mol. The molecule has 0 atom stereocenters. The summed E-state index contributed by atoms with van der Waals surface area (Å²) in [5.41, 5.74) is 4.28. The second-order valence-electron chi connectivity index (χ2n) is 7.05. The summed E-state index contributed by atoms with van der Waals surface area (Å²) in [6.07, 6.45) is 2.95. The van der Waals surface area contributed by atoms with Crippen molar-refractivity contribution >= 4 is 11.8 Å². The van der Waals surface area contributed by atoms with Crippen LogP contribution < -0.4 is 0 Å². The molecule has 0 unspecified atom stereocenters. The second-order valence-corrected chi connectivity index (χ2v) is 7.05. The Labute approximate surface area is 164 Å². The van der Waals surface area contributed by atoms with Gasteiger partial charge in [-0.25, -0.2) is 0 Å². The zero-order chi connectivity index (χ0) is 19.7. The standard InChI is InChI=1S/C22H23N3O3/c1-16-14-20(17(2)25(16)19-6-4-3-5-7-19)22(27)24-11-9-23(10-12-24)21(26)18-8-13-28-15-18/h3-8,13-15H,9-12H2,1-2H3. The van der Waals surface area contributed by atoms with Crippen molar-refractivity contribution < 1.29 is 14.0 Å². The Balaban J connectivity index is 1.48. The maximum Gasteiger partial charge on any atom is 0.257 e. The van der Waals surface area contributed by atoms with Gasteiger partial charge in [-0.15, -0.1) is 0 Å². The highest BCUT2D eigenvalue weighted by Crippen LogP contribution is 2.22. The fourth-order valence-corrected chi connectivity index (χ4v) is 3.81. The van der Waals surface area contributed by atoms with Gasteiger partial charge in [-0.1, -0.05) is 18.2 Å². The fourth-order valence-electron chi connectivity index (χ4n) is 3.81. The molecule has 2 amide bonds. The highest BCUT2D eigenvalue weighted by Gasteiger charge is 2.28. The fraction of sp³-hybridized carbons (Fsp3) is 0.273. The van der Waals surface area contributed by atoms with Gasteiger partial charge in [0.25, 0.3) is 11.8 Å². The summed E-state index contributed by atoms with van der Waals surface area (Å²) in [6, 6.07) is 13.7. The number of para-hydroxylation sites is 1. The minimum absolute atomic E-state index is 0.0192. The third kappa shape index (κ3) is 3.22. The Morgan fingerprint density at radius 1 is 0.893 bits per heavy atom. The number of aromatic nitrogens is 1. The molecule has 3 aromatic rings. The Kier molecular flexibility index (Phi) is 4.77. The van der Waals surface area contributed by atoms with Crippen LogP contribution in [0.2, 0.25) is 0 Å². The lowest BCUT2D eigenvalue weighted by molar-refractivity contribution is 0.0534. The van der Waals surface area contributed by atoms with E-state index in [1.165, 1.54) is 12.5 Å². The van der Waals surface area contributed by atoms with Crippen LogP contribution in [0.3, 0.4) is 0 Å². The van der Waals surface area contributed by atoms with Crippen molar-refractivity contribution in [3.8, 4) is 5.69 Å². The molecule has 28 heavy (non-hydrogen) atoms. The van der Waals surface area contributed by atoms with Crippen molar-refractivity contribution in [2.75, 3.05) is 26.2 Å². The Morgan fingerprint density at radius 3 is 2.14 bits per heavy atom. The summed E-state index contributed by atoms with van der Waals surface area (Å²) in [7, 11) is 0. The lowest BCUT2D eigenvalue weighted by Gasteiger charge is -2.34. The number of hydrogen-bond donors (Lipinski definition) is 0. The number of rotatable bonds is 3. The number of furan rings is 1. The van der Waals surface area contributed by atoms with Crippen LogP contribution in [0, 0.1) is 13.8 Å². The maximum absolute atomic E-state index is 13.1. The average Bonchev–Trinajstić information content (AvgIpc) is 3.36. The van der Waals surface area contributed by atoms with Gasteiger partial charge in [-0.05, 0) is 38.1 Å². The number of benzene rings is 1. The molecule has 0 radical (unpaired) electrons.